The Hall–Kier alpha value is 0.0800. The molecule has 1 saturated carbocycles. The first kappa shape index (κ1) is 20.4. The van der Waals surface area contributed by atoms with Crippen LogP contribution in [0.15, 0.2) is 23.8 Å². The Morgan fingerprint density at radius 3 is 2.67 bits per heavy atom. The lowest BCUT2D eigenvalue weighted by Gasteiger charge is -2.26. The van der Waals surface area contributed by atoms with Crippen molar-refractivity contribution in [3.63, 3.8) is 0 Å². The van der Waals surface area contributed by atoms with Gasteiger partial charge in [-0.3, -0.25) is 0 Å². The predicted molar refractivity (Wildman–Crippen MR) is 119 cm³/mol. The zero-order chi connectivity index (χ0) is 17.0. The molecule has 1 fully saturated rings. The van der Waals surface area contributed by atoms with E-state index in [0.717, 1.165) is 11.8 Å². The second-order valence-corrected chi connectivity index (χ2v) is 10.7. The average molecular weight is 442 g/mol. The second-order valence-electron chi connectivity index (χ2n) is 8.04. The molecule has 0 amide bonds. The van der Waals surface area contributed by atoms with Crippen molar-refractivity contribution in [2.75, 3.05) is 4.43 Å². The molecular weight excluding hydrogens is 403 g/mol. The molecule has 0 heterocycles. The quantitative estimate of drug-likeness (QED) is 0.139. The van der Waals surface area contributed by atoms with Gasteiger partial charge < -0.3 is 0 Å². The highest BCUT2D eigenvalue weighted by Crippen LogP contribution is 2.32. The number of halogens is 1. The maximum absolute atomic E-state index is 4.31. The van der Waals surface area contributed by atoms with E-state index < -0.39 is 0 Å². The summed E-state index contributed by atoms with van der Waals surface area (Å²) in [7, 11) is 0. The molecule has 0 saturated heterocycles. The molecule has 0 spiro atoms. The van der Waals surface area contributed by atoms with Crippen LogP contribution in [0.4, 0.5) is 0 Å². The third kappa shape index (κ3) is 8.45. The Kier molecular flexibility index (Phi) is 10.6. The van der Waals surface area contributed by atoms with Crippen LogP contribution < -0.4 is 0 Å². The summed E-state index contributed by atoms with van der Waals surface area (Å²) in [5.41, 5.74) is 3.15. The van der Waals surface area contributed by atoms with E-state index in [-0.39, 0.29) is 0 Å². The van der Waals surface area contributed by atoms with Crippen LogP contribution in [-0.4, -0.2) is 8.44 Å². The first-order valence-corrected chi connectivity index (χ1v) is 13.3. The molecule has 0 aromatic rings. The van der Waals surface area contributed by atoms with Crippen molar-refractivity contribution in [1.82, 2.24) is 0 Å². The van der Waals surface area contributed by atoms with Gasteiger partial charge in [0.05, 0.1) is 0 Å². The Morgan fingerprint density at radius 1 is 1.17 bits per heavy atom. The fourth-order valence-corrected chi connectivity index (χ4v) is 6.97. The third-order valence-corrected chi connectivity index (χ3v) is 8.92. The van der Waals surface area contributed by atoms with E-state index in [1.807, 2.05) is 0 Å². The van der Waals surface area contributed by atoms with E-state index in [1.54, 1.807) is 10.0 Å². The summed E-state index contributed by atoms with van der Waals surface area (Å²) in [6, 6.07) is 0. The van der Waals surface area contributed by atoms with Gasteiger partial charge >= 0.3 is 0 Å². The predicted octanol–water partition coefficient (Wildman–Crippen LogP) is 7.98. The molecule has 24 heavy (non-hydrogen) atoms. The minimum atomic E-state index is 0.376. The number of hydrogen-bond donors (Lipinski definition) is 0. The summed E-state index contributed by atoms with van der Waals surface area (Å²) < 4.78 is 4.24. The van der Waals surface area contributed by atoms with Crippen LogP contribution in [0, 0.1) is 11.8 Å². The molecule has 0 nitrogen and oxygen atoms in total. The molecule has 0 aromatic heterocycles. The summed E-state index contributed by atoms with van der Waals surface area (Å²) in [4.78, 5) is 0. The van der Waals surface area contributed by atoms with Crippen molar-refractivity contribution in [3.05, 3.63) is 23.8 Å². The normalized spacial score (nSPS) is 25.3. The molecule has 0 bridgehead atoms. The summed E-state index contributed by atoms with van der Waals surface area (Å²) in [6.07, 6.45) is 22.0. The lowest BCUT2D eigenvalue weighted by Crippen LogP contribution is -2.14. The number of rotatable bonds is 10. The summed E-state index contributed by atoms with van der Waals surface area (Å²) >= 11 is 0.376. The van der Waals surface area contributed by atoms with Crippen LogP contribution in [0.1, 0.15) is 96.8 Å². The molecule has 2 aliphatic carbocycles. The van der Waals surface area contributed by atoms with Crippen molar-refractivity contribution in [2.24, 2.45) is 11.8 Å². The minimum Gasteiger partial charge on any atom is -0.127 e. The topological polar surface area (TPSA) is 0 Å². The first-order valence-electron chi connectivity index (χ1n) is 10.5. The SMILES string of the molecule is C=C(CCCCC=ICC1CCC(CC)CC1)CC1=CCCCC1. The van der Waals surface area contributed by atoms with Crippen molar-refractivity contribution >= 4 is 24.7 Å². The van der Waals surface area contributed by atoms with E-state index in [4.69, 9.17) is 0 Å². The van der Waals surface area contributed by atoms with Gasteiger partial charge in [0, 0.05) is 0 Å². The summed E-state index contributed by atoms with van der Waals surface area (Å²) in [5, 5.41) is 0. The van der Waals surface area contributed by atoms with Crippen molar-refractivity contribution in [2.45, 2.75) is 96.8 Å². The van der Waals surface area contributed by atoms with Gasteiger partial charge in [-0.05, 0) is 86.9 Å². The van der Waals surface area contributed by atoms with Crippen LogP contribution in [0.5, 0.6) is 0 Å². The number of allylic oxidation sites excluding steroid dienone is 3. The first-order chi connectivity index (χ1) is 11.8. The van der Waals surface area contributed by atoms with Gasteiger partial charge in [0.25, 0.3) is 0 Å². The van der Waals surface area contributed by atoms with Crippen molar-refractivity contribution in [3.8, 4) is 0 Å². The van der Waals surface area contributed by atoms with Gasteiger partial charge in [0.15, 0.2) is 0 Å². The summed E-state index contributed by atoms with van der Waals surface area (Å²) in [5.74, 6) is 2.14. The molecule has 0 radical (unpaired) electrons. The molecule has 2 aliphatic rings. The van der Waals surface area contributed by atoms with Crippen LogP contribution in [0.2, 0.25) is 0 Å². The number of hydrogen-bond acceptors (Lipinski definition) is 0. The standard InChI is InChI=1S/C23H39I/c1-3-21-13-15-23(16-14-21)19-24-17-9-5-6-10-20(2)18-22-11-7-4-8-12-22/h11,17,21,23H,2-10,12-16,18-19H2,1H3. The number of alkyl halides is 1. The van der Waals surface area contributed by atoms with E-state index in [1.165, 1.54) is 95.5 Å². The van der Waals surface area contributed by atoms with E-state index in [9.17, 15) is 0 Å². The molecule has 0 unspecified atom stereocenters. The van der Waals surface area contributed by atoms with E-state index >= 15 is 0 Å². The zero-order valence-corrected chi connectivity index (χ0v) is 18.2. The highest BCUT2D eigenvalue weighted by Gasteiger charge is 2.18. The largest absolute Gasteiger partial charge is 0.127 e. The van der Waals surface area contributed by atoms with Crippen molar-refractivity contribution < 1.29 is 0 Å². The molecule has 0 aromatic carbocycles. The summed E-state index contributed by atoms with van der Waals surface area (Å²) in [6.45, 7) is 6.68. The fourth-order valence-electron chi connectivity index (χ4n) is 4.13. The van der Waals surface area contributed by atoms with Gasteiger partial charge in [-0.15, -0.1) is 20.7 Å². The van der Waals surface area contributed by atoms with Crippen LogP contribution in [-0.2, 0) is 0 Å². The molecular formula is C23H39I. The number of unbranched alkanes of at least 4 members (excludes halogenated alkanes) is 2. The maximum atomic E-state index is 4.31. The average Bonchev–Trinajstić information content (AvgIpc) is 2.62. The van der Waals surface area contributed by atoms with E-state index in [2.05, 4.69) is 23.6 Å². The zero-order valence-electron chi connectivity index (χ0n) is 16.0. The third-order valence-electron chi connectivity index (χ3n) is 5.92. The Bertz CT molecular complexity index is 410. The fraction of sp³-hybridized carbons (Fsp3) is 0.783. The molecule has 0 atom stereocenters. The van der Waals surface area contributed by atoms with Gasteiger partial charge in [-0.25, -0.2) is 0 Å². The highest BCUT2D eigenvalue weighted by molar-refractivity contribution is 14.2. The van der Waals surface area contributed by atoms with Gasteiger partial charge in [0.2, 0.25) is 0 Å². The van der Waals surface area contributed by atoms with E-state index in [0.29, 0.717) is 20.7 Å². The van der Waals surface area contributed by atoms with Gasteiger partial charge in [-0.2, -0.15) is 0 Å². The van der Waals surface area contributed by atoms with Crippen LogP contribution >= 0.6 is 20.7 Å². The van der Waals surface area contributed by atoms with Crippen molar-refractivity contribution in [1.29, 1.82) is 0 Å². The second kappa shape index (κ2) is 12.4. The Labute approximate surface area is 161 Å². The molecule has 1 heteroatoms. The monoisotopic (exact) mass is 442 g/mol. The van der Waals surface area contributed by atoms with Crippen LogP contribution in [0.25, 0.3) is 0 Å². The molecule has 138 valence electrons. The van der Waals surface area contributed by atoms with Crippen LogP contribution in [0.3, 0.4) is 0 Å². The van der Waals surface area contributed by atoms with Gasteiger partial charge in [0.1, 0.15) is 0 Å². The molecule has 0 aliphatic heterocycles. The smallest absolute Gasteiger partial charge is 0.00268 e. The Morgan fingerprint density at radius 2 is 1.96 bits per heavy atom. The minimum absolute atomic E-state index is 0.376. The lowest BCUT2D eigenvalue weighted by atomic mass is 9.82. The lowest BCUT2D eigenvalue weighted by molar-refractivity contribution is 0.290. The van der Waals surface area contributed by atoms with Gasteiger partial charge in [-0.1, -0.05) is 54.0 Å². The Balaban J connectivity index is 1.46. The maximum Gasteiger partial charge on any atom is -0.00268 e. The molecule has 0 N–H and O–H groups in total. The molecule has 2 rings (SSSR count). The highest BCUT2D eigenvalue weighted by atomic mass is 127.